The van der Waals surface area contributed by atoms with E-state index in [0.29, 0.717) is 43.2 Å². The van der Waals surface area contributed by atoms with Crippen LogP contribution in [0.4, 0.5) is 0 Å². The van der Waals surface area contributed by atoms with Crippen molar-refractivity contribution in [2.75, 3.05) is 20.2 Å². The summed E-state index contributed by atoms with van der Waals surface area (Å²) in [6, 6.07) is 6.79. The molecule has 28 heavy (non-hydrogen) atoms. The van der Waals surface area contributed by atoms with Crippen molar-refractivity contribution < 1.29 is 17.9 Å². The smallest absolute Gasteiger partial charge is 0.305 e. The molecule has 1 aliphatic carbocycles. The number of benzene rings is 1. The molecule has 1 fully saturated rings. The number of esters is 1. The van der Waals surface area contributed by atoms with Crippen LogP contribution in [-0.2, 0) is 38.8 Å². The average molecular weight is 404 g/mol. The summed E-state index contributed by atoms with van der Waals surface area (Å²) in [6.45, 7) is 0.921. The second-order valence-corrected chi connectivity index (χ2v) is 9.40. The van der Waals surface area contributed by atoms with Crippen molar-refractivity contribution in [3.05, 3.63) is 46.8 Å². The molecule has 0 amide bonds. The molecule has 1 aliphatic heterocycles. The summed E-state index contributed by atoms with van der Waals surface area (Å²) < 4.78 is 32.4. The van der Waals surface area contributed by atoms with E-state index in [9.17, 15) is 13.2 Å². The van der Waals surface area contributed by atoms with E-state index >= 15 is 0 Å². The molecule has 2 aliphatic rings. The van der Waals surface area contributed by atoms with Crippen LogP contribution in [0, 0.1) is 0 Å². The van der Waals surface area contributed by atoms with Gasteiger partial charge in [0.1, 0.15) is 0 Å². The van der Waals surface area contributed by atoms with Gasteiger partial charge in [0.15, 0.2) is 0 Å². The van der Waals surface area contributed by atoms with E-state index in [1.165, 1.54) is 25.5 Å². The minimum Gasteiger partial charge on any atom is -0.469 e. The minimum absolute atomic E-state index is 0.274. The van der Waals surface area contributed by atoms with Crippen molar-refractivity contribution >= 4 is 16.0 Å². The number of aromatic amines is 1. The first-order chi connectivity index (χ1) is 13.5. The fourth-order valence-corrected chi connectivity index (χ4v) is 5.19. The molecule has 4 rings (SSSR count). The van der Waals surface area contributed by atoms with Crippen LogP contribution < -0.4 is 0 Å². The van der Waals surface area contributed by atoms with Crippen molar-refractivity contribution in [2.45, 2.75) is 49.3 Å². The highest BCUT2D eigenvalue weighted by molar-refractivity contribution is 7.89. The molecule has 0 saturated heterocycles. The summed E-state index contributed by atoms with van der Waals surface area (Å²) in [6.07, 6.45) is 4.54. The Kier molecular flexibility index (Phi) is 5.25. The molecule has 0 radical (unpaired) electrons. The number of H-pyrrole nitrogens is 1. The van der Waals surface area contributed by atoms with E-state index < -0.39 is 10.0 Å². The van der Waals surface area contributed by atoms with Gasteiger partial charge in [-0.15, -0.1) is 0 Å². The molecule has 2 heterocycles. The van der Waals surface area contributed by atoms with Crippen LogP contribution in [0.5, 0.6) is 0 Å². The number of methoxy groups -OCH3 is 1. The molecule has 0 atom stereocenters. The second kappa shape index (κ2) is 7.67. The first-order valence-electron chi connectivity index (χ1n) is 9.71. The number of fused-ring (bicyclic) bond motifs is 1. The summed E-state index contributed by atoms with van der Waals surface area (Å²) in [5, 5.41) is 7.59. The van der Waals surface area contributed by atoms with Crippen LogP contribution >= 0.6 is 0 Å². The number of sulfonamides is 1. The number of hydrogen-bond acceptors (Lipinski definition) is 5. The lowest BCUT2D eigenvalue weighted by Gasteiger charge is -2.20. The lowest BCUT2D eigenvalue weighted by molar-refractivity contribution is -0.140. The van der Waals surface area contributed by atoms with Gasteiger partial charge in [-0.2, -0.15) is 9.40 Å². The Morgan fingerprint density at radius 1 is 1.21 bits per heavy atom. The van der Waals surface area contributed by atoms with Gasteiger partial charge in [0.25, 0.3) is 0 Å². The first kappa shape index (κ1) is 19.1. The van der Waals surface area contributed by atoms with Gasteiger partial charge < -0.3 is 4.74 Å². The van der Waals surface area contributed by atoms with Gasteiger partial charge in [0.05, 0.1) is 17.7 Å². The van der Waals surface area contributed by atoms with Crippen LogP contribution in [0.3, 0.4) is 0 Å². The van der Waals surface area contributed by atoms with E-state index in [-0.39, 0.29) is 12.4 Å². The summed E-state index contributed by atoms with van der Waals surface area (Å²) in [4.78, 5) is 11.6. The molecule has 2 aromatic rings. The van der Waals surface area contributed by atoms with E-state index in [2.05, 4.69) is 14.9 Å². The number of aryl methyl sites for hydroxylation is 1. The van der Waals surface area contributed by atoms with Gasteiger partial charge in [-0.05, 0) is 48.9 Å². The maximum atomic E-state index is 13.1. The lowest BCUT2D eigenvalue weighted by Crippen LogP contribution is -2.33. The molecular weight excluding hydrogens is 378 g/mol. The van der Waals surface area contributed by atoms with Crippen LogP contribution in [0.2, 0.25) is 0 Å². The molecule has 1 saturated carbocycles. The van der Waals surface area contributed by atoms with E-state index in [1.807, 2.05) is 0 Å². The van der Waals surface area contributed by atoms with E-state index in [0.717, 1.165) is 17.0 Å². The van der Waals surface area contributed by atoms with Crippen LogP contribution in [0.25, 0.3) is 0 Å². The highest BCUT2D eigenvalue weighted by atomic mass is 32.2. The SMILES string of the molecule is COC(=O)CCc1ccc(S(=O)(=O)N2CCc3[nH]nc(C4CC4)c3CC2)cc1. The Labute approximate surface area is 165 Å². The number of nitrogens with zero attached hydrogens (tertiary/aromatic N) is 2. The summed E-state index contributed by atoms with van der Waals surface area (Å²) in [5.74, 6) is 0.283. The largest absolute Gasteiger partial charge is 0.469 e. The van der Waals surface area contributed by atoms with Gasteiger partial charge in [-0.3, -0.25) is 9.89 Å². The first-order valence-corrected chi connectivity index (χ1v) is 11.1. The number of rotatable bonds is 6. The molecule has 1 aromatic carbocycles. The topological polar surface area (TPSA) is 92.4 Å². The zero-order valence-electron chi connectivity index (χ0n) is 16.0. The van der Waals surface area contributed by atoms with Gasteiger partial charge >= 0.3 is 5.97 Å². The monoisotopic (exact) mass is 403 g/mol. The molecule has 0 spiro atoms. The average Bonchev–Trinajstić information content (AvgIpc) is 3.51. The van der Waals surface area contributed by atoms with Crippen molar-refractivity contribution in [3.8, 4) is 0 Å². The van der Waals surface area contributed by atoms with Crippen LogP contribution in [0.1, 0.15) is 47.7 Å². The molecular formula is C20H25N3O4S. The molecule has 8 heteroatoms. The highest BCUT2D eigenvalue weighted by Crippen LogP contribution is 2.41. The summed E-state index contributed by atoms with van der Waals surface area (Å²) in [7, 11) is -2.18. The summed E-state index contributed by atoms with van der Waals surface area (Å²) >= 11 is 0. The number of nitrogens with one attached hydrogen (secondary N) is 1. The van der Waals surface area contributed by atoms with Crippen LogP contribution in [-0.4, -0.2) is 49.1 Å². The normalized spacial score (nSPS) is 17.8. The third kappa shape index (κ3) is 3.84. The Morgan fingerprint density at radius 2 is 1.93 bits per heavy atom. The minimum atomic E-state index is -3.54. The molecule has 1 aromatic heterocycles. The molecule has 1 N–H and O–H groups in total. The second-order valence-electron chi connectivity index (χ2n) is 7.46. The molecule has 150 valence electrons. The van der Waals surface area contributed by atoms with Crippen molar-refractivity contribution in [3.63, 3.8) is 0 Å². The Bertz CT molecular complexity index is 962. The van der Waals surface area contributed by atoms with Gasteiger partial charge in [0.2, 0.25) is 10.0 Å². The fourth-order valence-electron chi connectivity index (χ4n) is 3.75. The predicted octanol–water partition coefficient (Wildman–Crippen LogP) is 2.18. The lowest BCUT2D eigenvalue weighted by atomic mass is 10.1. The molecule has 0 unspecified atom stereocenters. The van der Waals surface area contributed by atoms with Crippen molar-refractivity contribution in [1.29, 1.82) is 0 Å². The van der Waals surface area contributed by atoms with Gasteiger partial charge in [0, 0.05) is 37.5 Å². The van der Waals surface area contributed by atoms with E-state index in [4.69, 9.17) is 0 Å². The number of carbonyl (C=O) groups excluding carboxylic acids is 1. The fraction of sp³-hybridized carbons (Fsp3) is 0.500. The maximum Gasteiger partial charge on any atom is 0.305 e. The number of ether oxygens (including phenoxy) is 1. The third-order valence-electron chi connectivity index (χ3n) is 5.58. The molecule has 0 bridgehead atoms. The van der Waals surface area contributed by atoms with Crippen molar-refractivity contribution in [2.24, 2.45) is 0 Å². The number of hydrogen-bond donors (Lipinski definition) is 1. The zero-order chi connectivity index (χ0) is 19.7. The standard InChI is InChI=1S/C20H25N3O4S/c1-27-19(24)9-4-14-2-7-16(8-3-14)28(25,26)23-12-10-17-18(11-13-23)21-22-20(17)15-5-6-15/h2-3,7-8,15H,4-6,9-13H2,1H3,(H,21,22). The number of aromatic nitrogens is 2. The van der Waals surface area contributed by atoms with E-state index in [1.54, 1.807) is 28.6 Å². The predicted molar refractivity (Wildman–Crippen MR) is 104 cm³/mol. The Hall–Kier alpha value is -2.19. The van der Waals surface area contributed by atoms with Crippen molar-refractivity contribution in [1.82, 2.24) is 14.5 Å². The zero-order valence-corrected chi connectivity index (χ0v) is 16.8. The maximum absolute atomic E-state index is 13.1. The Morgan fingerprint density at radius 3 is 2.61 bits per heavy atom. The summed E-state index contributed by atoms with van der Waals surface area (Å²) in [5.41, 5.74) is 4.36. The highest BCUT2D eigenvalue weighted by Gasteiger charge is 2.33. The van der Waals surface area contributed by atoms with Gasteiger partial charge in [-0.25, -0.2) is 8.42 Å². The third-order valence-corrected chi connectivity index (χ3v) is 7.49. The molecule has 7 nitrogen and oxygen atoms in total. The number of carbonyl (C=O) groups is 1. The van der Waals surface area contributed by atoms with Crippen LogP contribution in [0.15, 0.2) is 29.2 Å². The van der Waals surface area contributed by atoms with Gasteiger partial charge in [-0.1, -0.05) is 12.1 Å². The Balaban J connectivity index is 1.45. The quantitative estimate of drug-likeness (QED) is 0.747.